The lowest BCUT2D eigenvalue weighted by Gasteiger charge is -2.35. The van der Waals surface area contributed by atoms with Gasteiger partial charge >= 0.3 is 0 Å². The Kier molecular flexibility index (Phi) is 6.65. The zero-order valence-corrected chi connectivity index (χ0v) is 13.1. The third-order valence-electron chi connectivity index (χ3n) is 4.95. The fraction of sp³-hybridized carbons (Fsp3) is 1.00. The zero-order chi connectivity index (χ0) is 13.6. The van der Waals surface area contributed by atoms with Crippen molar-refractivity contribution in [3.05, 3.63) is 0 Å². The number of hydrogen-bond donors (Lipinski definition) is 1. The molecule has 0 saturated heterocycles. The first kappa shape index (κ1) is 16.0. The van der Waals surface area contributed by atoms with E-state index in [1.54, 1.807) is 0 Å². The molecule has 108 valence electrons. The van der Waals surface area contributed by atoms with Gasteiger partial charge in [0.2, 0.25) is 0 Å². The van der Waals surface area contributed by atoms with Crippen molar-refractivity contribution in [3.63, 3.8) is 0 Å². The standard InChI is InChI=1S/C16H33NO/c1-6-13-8-7-9-14(12-13)15(17-4)10-11-16(2,3)18-5/h13-15,17H,6-12H2,1-5H3. The molecule has 1 aliphatic carbocycles. The highest BCUT2D eigenvalue weighted by Gasteiger charge is 2.28. The number of hydrogen-bond acceptors (Lipinski definition) is 2. The Hall–Kier alpha value is -0.0800. The van der Waals surface area contributed by atoms with E-state index >= 15 is 0 Å². The summed E-state index contributed by atoms with van der Waals surface area (Å²) in [6.07, 6.45) is 9.45. The van der Waals surface area contributed by atoms with E-state index in [0.29, 0.717) is 6.04 Å². The maximum atomic E-state index is 5.53. The second kappa shape index (κ2) is 7.49. The van der Waals surface area contributed by atoms with Gasteiger partial charge in [-0.25, -0.2) is 0 Å². The van der Waals surface area contributed by atoms with Gasteiger partial charge in [-0.15, -0.1) is 0 Å². The van der Waals surface area contributed by atoms with E-state index in [-0.39, 0.29) is 5.60 Å². The minimum atomic E-state index is 0.0218. The monoisotopic (exact) mass is 255 g/mol. The predicted molar refractivity (Wildman–Crippen MR) is 78.9 cm³/mol. The van der Waals surface area contributed by atoms with Crippen molar-refractivity contribution in [3.8, 4) is 0 Å². The number of ether oxygens (including phenoxy) is 1. The normalized spacial score (nSPS) is 27.2. The molecular formula is C16H33NO. The van der Waals surface area contributed by atoms with Crippen LogP contribution in [0.5, 0.6) is 0 Å². The molecule has 1 aliphatic rings. The summed E-state index contributed by atoms with van der Waals surface area (Å²) in [6, 6.07) is 0.675. The zero-order valence-electron chi connectivity index (χ0n) is 13.1. The third-order valence-corrected chi connectivity index (χ3v) is 4.95. The van der Waals surface area contributed by atoms with Crippen LogP contribution >= 0.6 is 0 Å². The molecule has 2 heteroatoms. The third kappa shape index (κ3) is 4.89. The van der Waals surface area contributed by atoms with Crippen molar-refractivity contribution in [2.45, 2.75) is 77.4 Å². The van der Waals surface area contributed by atoms with E-state index < -0.39 is 0 Å². The Labute approximate surface area is 114 Å². The quantitative estimate of drug-likeness (QED) is 0.742. The average molecular weight is 255 g/mol. The van der Waals surface area contributed by atoms with Crippen molar-refractivity contribution in [1.82, 2.24) is 5.32 Å². The summed E-state index contributed by atoms with van der Waals surface area (Å²) in [5.41, 5.74) is 0.0218. The summed E-state index contributed by atoms with van der Waals surface area (Å²) in [5, 5.41) is 3.56. The lowest BCUT2D eigenvalue weighted by Crippen LogP contribution is -2.38. The molecule has 1 fully saturated rings. The van der Waals surface area contributed by atoms with E-state index in [0.717, 1.165) is 18.3 Å². The van der Waals surface area contributed by atoms with Gasteiger partial charge in [0.25, 0.3) is 0 Å². The second-order valence-corrected chi connectivity index (χ2v) is 6.60. The van der Waals surface area contributed by atoms with Crippen LogP contribution in [0.3, 0.4) is 0 Å². The van der Waals surface area contributed by atoms with Crippen LogP contribution in [0.1, 0.15) is 65.7 Å². The molecular weight excluding hydrogens is 222 g/mol. The van der Waals surface area contributed by atoms with Gasteiger partial charge in [-0.3, -0.25) is 0 Å². The summed E-state index contributed by atoms with van der Waals surface area (Å²) in [6.45, 7) is 6.72. The Morgan fingerprint density at radius 3 is 2.61 bits per heavy atom. The highest BCUT2D eigenvalue weighted by Crippen LogP contribution is 2.34. The van der Waals surface area contributed by atoms with Crippen LogP contribution in [0.4, 0.5) is 0 Å². The number of methoxy groups -OCH3 is 1. The summed E-state index contributed by atoms with van der Waals surface area (Å²) in [4.78, 5) is 0. The van der Waals surface area contributed by atoms with E-state index in [1.165, 1.54) is 38.5 Å². The van der Waals surface area contributed by atoms with Gasteiger partial charge in [-0.1, -0.05) is 26.2 Å². The Morgan fingerprint density at radius 1 is 1.33 bits per heavy atom. The van der Waals surface area contributed by atoms with E-state index in [9.17, 15) is 0 Å². The first-order valence-electron chi connectivity index (χ1n) is 7.74. The summed E-state index contributed by atoms with van der Waals surface area (Å²) in [5.74, 6) is 1.84. The number of rotatable bonds is 7. The molecule has 1 saturated carbocycles. The largest absolute Gasteiger partial charge is 0.379 e. The Bertz CT molecular complexity index is 227. The number of nitrogens with one attached hydrogen (secondary N) is 1. The lowest BCUT2D eigenvalue weighted by molar-refractivity contribution is 0.00935. The Morgan fingerprint density at radius 2 is 2.06 bits per heavy atom. The van der Waals surface area contributed by atoms with Crippen molar-refractivity contribution in [2.24, 2.45) is 11.8 Å². The molecule has 0 aliphatic heterocycles. The maximum Gasteiger partial charge on any atom is 0.0623 e. The van der Waals surface area contributed by atoms with Gasteiger partial charge in [0.05, 0.1) is 5.60 Å². The van der Waals surface area contributed by atoms with Gasteiger partial charge in [0.1, 0.15) is 0 Å². The first-order chi connectivity index (χ1) is 8.52. The molecule has 0 aromatic heterocycles. The van der Waals surface area contributed by atoms with Gasteiger partial charge in [-0.05, 0) is 58.4 Å². The molecule has 18 heavy (non-hydrogen) atoms. The van der Waals surface area contributed by atoms with Crippen LogP contribution in [0, 0.1) is 11.8 Å². The van der Waals surface area contributed by atoms with E-state index in [4.69, 9.17) is 4.74 Å². The first-order valence-corrected chi connectivity index (χ1v) is 7.74. The minimum absolute atomic E-state index is 0.0218. The molecule has 1 rings (SSSR count). The molecule has 1 N–H and O–H groups in total. The minimum Gasteiger partial charge on any atom is -0.379 e. The average Bonchev–Trinajstić information content (AvgIpc) is 2.39. The second-order valence-electron chi connectivity index (χ2n) is 6.60. The van der Waals surface area contributed by atoms with Crippen LogP contribution in [0.15, 0.2) is 0 Å². The molecule has 0 aromatic rings. The molecule has 3 atom stereocenters. The molecule has 0 spiro atoms. The van der Waals surface area contributed by atoms with Crippen molar-refractivity contribution in [1.29, 1.82) is 0 Å². The summed E-state index contributed by atoms with van der Waals surface area (Å²) < 4.78 is 5.53. The summed E-state index contributed by atoms with van der Waals surface area (Å²) >= 11 is 0. The maximum absolute atomic E-state index is 5.53. The van der Waals surface area contributed by atoms with Gasteiger partial charge < -0.3 is 10.1 Å². The Balaban J connectivity index is 2.44. The fourth-order valence-corrected chi connectivity index (χ4v) is 3.29. The summed E-state index contributed by atoms with van der Waals surface area (Å²) in [7, 11) is 3.95. The molecule has 0 aromatic carbocycles. The highest BCUT2D eigenvalue weighted by atomic mass is 16.5. The van der Waals surface area contributed by atoms with E-state index in [2.05, 4.69) is 33.1 Å². The van der Waals surface area contributed by atoms with Gasteiger partial charge in [0, 0.05) is 13.2 Å². The lowest BCUT2D eigenvalue weighted by atomic mass is 9.75. The molecule has 3 unspecified atom stereocenters. The predicted octanol–water partition coefficient (Wildman–Crippen LogP) is 4.00. The van der Waals surface area contributed by atoms with Crippen molar-refractivity contribution < 1.29 is 4.74 Å². The van der Waals surface area contributed by atoms with Crippen LogP contribution in [0.25, 0.3) is 0 Å². The highest BCUT2D eigenvalue weighted by molar-refractivity contribution is 4.83. The SMILES string of the molecule is CCC1CCCC(C(CCC(C)(C)OC)NC)C1. The van der Waals surface area contributed by atoms with Crippen molar-refractivity contribution in [2.75, 3.05) is 14.2 Å². The smallest absolute Gasteiger partial charge is 0.0623 e. The molecule has 2 nitrogen and oxygen atoms in total. The molecule has 0 heterocycles. The van der Waals surface area contributed by atoms with E-state index in [1.807, 2.05) is 7.11 Å². The molecule has 0 radical (unpaired) electrons. The van der Waals surface area contributed by atoms with Gasteiger partial charge in [-0.2, -0.15) is 0 Å². The molecule has 0 bridgehead atoms. The van der Waals surface area contributed by atoms with Crippen molar-refractivity contribution >= 4 is 0 Å². The molecule has 0 amide bonds. The van der Waals surface area contributed by atoms with Crippen LogP contribution in [0.2, 0.25) is 0 Å². The topological polar surface area (TPSA) is 21.3 Å². The van der Waals surface area contributed by atoms with Gasteiger partial charge in [0.15, 0.2) is 0 Å². The van der Waals surface area contributed by atoms with Crippen LogP contribution in [-0.4, -0.2) is 25.8 Å². The van der Waals surface area contributed by atoms with Crippen LogP contribution < -0.4 is 5.32 Å². The van der Waals surface area contributed by atoms with Crippen LogP contribution in [-0.2, 0) is 4.74 Å². The fourth-order valence-electron chi connectivity index (χ4n) is 3.29.